The number of amides is 1. The smallest absolute Gasteiger partial charge is 0.264 e. The number of allylic oxidation sites excluding steroid dienone is 1. The van der Waals surface area contributed by atoms with E-state index in [2.05, 4.69) is 26.7 Å². The average molecular weight is 752 g/mol. The molecule has 0 unspecified atom stereocenters. The number of aryl methyl sites for hydroxylation is 1. The van der Waals surface area contributed by atoms with E-state index in [9.17, 15) is 18.3 Å². The molecule has 2 aliphatic carbocycles. The van der Waals surface area contributed by atoms with Gasteiger partial charge in [-0.1, -0.05) is 67.1 Å². The summed E-state index contributed by atoms with van der Waals surface area (Å²) in [5.41, 5.74) is 4.42. The highest BCUT2D eigenvalue weighted by Crippen LogP contribution is 2.51. The molecule has 2 aliphatic heterocycles. The molecule has 0 radical (unpaired) electrons. The lowest BCUT2D eigenvalue weighted by atomic mass is 9.62. The first-order chi connectivity index (χ1) is 25.5. The number of hydrogen-bond acceptors (Lipinski definition) is 7. The number of aromatic nitrogens is 1. The first-order valence-electron chi connectivity index (χ1n) is 18.7. The van der Waals surface area contributed by atoms with E-state index in [0.717, 1.165) is 48.9 Å². The van der Waals surface area contributed by atoms with Crippen LogP contribution >= 0.6 is 11.6 Å². The van der Waals surface area contributed by atoms with Crippen molar-refractivity contribution >= 4 is 33.2 Å². The number of sulfonamides is 1. The maximum Gasteiger partial charge on any atom is 0.264 e. The zero-order valence-corrected chi connectivity index (χ0v) is 31.7. The number of carbonyl (C=O) groups is 1. The van der Waals surface area contributed by atoms with Gasteiger partial charge < -0.3 is 14.7 Å². The van der Waals surface area contributed by atoms with E-state index in [4.69, 9.17) is 16.3 Å². The van der Waals surface area contributed by atoms with Crippen LogP contribution in [-0.4, -0.2) is 49.4 Å². The van der Waals surface area contributed by atoms with E-state index in [1.54, 1.807) is 31.3 Å². The summed E-state index contributed by atoms with van der Waals surface area (Å²) in [5, 5.41) is 12.8. The molecule has 4 aromatic rings. The Morgan fingerprint density at radius 3 is 2.60 bits per heavy atom. The van der Waals surface area contributed by atoms with Crippen molar-refractivity contribution in [2.24, 2.45) is 17.8 Å². The van der Waals surface area contributed by atoms with E-state index in [-0.39, 0.29) is 28.7 Å². The van der Waals surface area contributed by atoms with Gasteiger partial charge in [-0.2, -0.15) is 0 Å². The molecular weight excluding hydrogens is 706 g/mol. The van der Waals surface area contributed by atoms with Crippen molar-refractivity contribution in [2.45, 2.75) is 68.6 Å². The van der Waals surface area contributed by atoms with E-state index in [1.165, 1.54) is 11.1 Å². The lowest BCUT2D eigenvalue weighted by Gasteiger charge is -2.49. The quantitative estimate of drug-likeness (QED) is 0.201. The number of benzene rings is 3. The van der Waals surface area contributed by atoms with Gasteiger partial charge in [0.1, 0.15) is 11.4 Å². The minimum Gasteiger partial charge on any atom is -0.490 e. The number of anilines is 1. The lowest BCUT2D eigenvalue weighted by molar-refractivity contribution is -0.0502. The van der Waals surface area contributed by atoms with Gasteiger partial charge in [-0.15, -0.1) is 0 Å². The Labute approximate surface area is 317 Å². The summed E-state index contributed by atoms with van der Waals surface area (Å²) in [7, 11) is -4.02. The van der Waals surface area contributed by atoms with Gasteiger partial charge in [0, 0.05) is 58.5 Å². The molecule has 0 saturated heterocycles. The monoisotopic (exact) mass is 751 g/mol. The van der Waals surface area contributed by atoms with Crippen molar-refractivity contribution in [2.75, 3.05) is 24.6 Å². The summed E-state index contributed by atoms with van der Waals surface area (Å²) in [5.74, 6) is -0.379. The topological polar surface area (TPSA) is 109 Å². The summed E-state index contributed by atoms with van der Waals surface area (Å²) in [6.45, 7) is 5.19. The molecule has 1 aromatic heterocycles. The molecule has 10 heteroatoms. The van der Waals surface area contributed by atoms with Gasteiger partial charge in [0.05, 0.1) is 17.5 Å². The van der Waals surface area contributed by atoms with Crippen LogP contribution in [0.3, 0.4) is 0 Å². The number of aliphatic hydroxyl groups is 1. The van der Waals surface area contributed by atoms with Crippen molar-refractivity contribution in [1.29, 1.82) is 0 Å². The third-order valence-electron chi connectivity index (χ3n) is 12.5. The second-order valence-corrected chi connectivity index (χ2v) is 18.2. The van der Waals surface area contributed by atoms with E-state index < -0.39 is 26.8 Å². The van der Waals surface area contributed by atoms with Gasteiger partial charge in [-0.05, 0) is 110 Å². The summed E-state index contributed by atoms with van der Waals surface area (Å²) >= 11 is 6.48. The fourth-order valence-corrected chi connectivity index (χ4v) is 10.5. The van der Waals surface area contributed by atoms with Crippen molar-refractivity contribution in [3.63, 3.8) is 0 Å². The largest absolute Gasteiger partial charge is 0.490 e. The van der Waals surface area contributed by atoms with Crippen molar-refractivity contribution in [1.82, 2.24) is 9.71 Å². The molecule has 4 aliphatic rings. The van der Waals surface area contributed by atoms with Crippen molar-refractivity contribution in [3.8, 4) is 16.9 Å². The van der Waals surface area contributed by atoms with Crippen LogP contribution in [0, 0.1) is 17.8 Å². The second kappa shape index (κ2) is 13.9. The third-order valence-corrected chi connectivity index (χ3v) is 14.6. The summed E-state index contributed by atoms with van der Waals surface area (Å²) < 4.78 is 36.2. The van der Waals surface area contributed by atoms with Gasteiger partial charge in [-0.25, -0.2) is 13.1 Å². The first kappa shape index (κ1) is 35.8. The molecule has 6 atom stereocenters. The van der Waals surface area contributed by atoms with E-state index in [0.29, 0.717) is 42.5 Å². The number of hydrogen-bond donors (Lipinski definition) is 2. The van der Waals surface area contributed by atoms with E-state index in [1.807, 2.05) is 67.7 Å². The molecule has 3 heterocycles. The van der Waals surface area contributed by atoms with Gasteiger partial charge >= 0.3 is 0 Å². The number of rotatable bonds is 2. The van der Waals surface area contributed by atoms with Crippen LogP contribution in [0.5, 0.6) is 5.75 Å². The maximum absolute atomic E-state index is 13.6. The minimum atomic E-state index is -4.02. The number of fused-ring (bicyclic) bond motifs is 4. The Kier molecular flexibility index (Phi) is 9.40. The van der Waals surface area contributed by atoms with Crippen molar-refractivity contribution < 1.29 is 23.1 Å². The van der Waals surface area contributed by atoms with Gasteiger partial charge in [0.2, 0.25) is 10.0 Å². The van der Waals surface area contributed by atoms with Crippen LogP contribution in [0.15, 0.2) is 97.3 Å². The van der Waals surface area contributed by atoms with E-state index >= 15 is 0 Å². The SMILES string of the molecule is C[C@@H]1[C@@H](C)C/C=C/[C@@](O)(c2cncc(-c3ccccc3)c2)[C@@H]2CC[C@H]2CN2C[C@@]3(CCCc4cc(Cl)ccc43)COc3ccc(cc32)C(=O)NS1(=O)=O. The summed E-state index contributed by atoms with van der Waals surface area (Å²) in [4.78, 5) is 20.6. The normalized spacial score (nSPS) is 30.1. The van der Waals surface area contributed by atoms with Gasteiger partial charge in [0.25, 0.3) is 5.91 Å². The summed E-state index contributed by atoms with van der Waals surface area (Å²) in [6.07, 6.45) is 12.4. The van der Waals surface area contributed by atoms with Crippen molar-refractivity contribution in [3.05, 3.63) is 125 Å². The lowest BCUT2D eigenvalue weighted by Crippen LogP contribution is -2.51. The van der Waals surface area contributed by atoms with Crippen LogP contribution in [0.25, 0.3) is 11.1 Å². The van der Waals surface area contributed by atoms with Gasteiger partial charge in [0.15, 0.2) is 0 Å². The molecule has 1 saturated carbocycles. The molecule has 8 rings (SSSR count). The number of nitrogens with zero attached hydrogens (tertiary/aromatic N) is 2. The Bertz CT molecular complexity index is 2180. The van der Waals surface area contributed by atoms with Crippen LogP contribution in [-0.2, 0) is 27.5 Å². The molecular formula is C43H46ClN3O5S. The Balaban J connectivity index is 1.24. The van der Waals surface area contributed by atoms with Crippen LogP contribution in [0.2, 0.25) is 5.02 Å². The highest BCUT2D eigenvalue weighted by molar-refractivity contribution is 7.90. The second-order valence-electron chi connectivity index (χ2n) is 15.7. The zero-order chi connectivity index (χ0) is 37.0. The molecule has 8 nitrogen and oxygen atoms in total. The molecule has 2 N–H and O–H groups in total. The highest BCUT2D eigenvalue weighted by atomic mass is 35.5. The average Bonchev–Trinajstić information content (AvgIpc) is 3.29. The number of nitrogens with one attached hydrogen (secondary N) is 1. The summed E-state index contributed by atoms with van der Waals surface area (Å²) in [6, 6.07) is 23.4. The molecule has 53 heavy (non-hydrogen) atoms. The zero-order valence-electron chi connectivity index (χ0n) is 30.2. The van der Waals surface area contributed by atoms with Crippen LogP contribution in [0.4, 0.5) is 5.69 Å². The molecule has 276 valence electrons. The number of halogens is 1. The Morgan fingerprint density at radius 1 is 0.981 bits per heavy atom. The Hall–Kier alpha value is -4.18. The predicted molar refractivity (Wildman–Crippen MR) is 209 cm³/mol. The minimum absolute atomic E-state index is 0.100. The molecule has 1 amide bonds. The fourth-order valence-electron chi connectivity index (χ4n) is 9.03. The molecule has 3 aromatic carbocycles. The van der Waals surface area contributed by atoms with Crippen LogP contribution in [0.1, 0.15) is 73.0 Å². The number of ether oxygens (including phenoxy) is 1. The molecule has 1 fully saturated rings. The first-order valence-corrected chi connectivity index (χ1v) is 20.7. The third kappa shape index (κ3) is 6.66. The van der Waals surface area contributed by atoms with Gasteiger partial charge in [-0.3, -0.25) is 9.78 Å². The standard InChI is InChI=1S/C43H46ClN3O5S/c1-28-8-6-19-43(49,35-20-34(23-45-24-35)30-9-4-3-5-10-30)38-15-12-33(38)25-47-26-42(18-7-11-31-21-36(44)14-16-37(31)42)27-52-40-17-13-32(22-39(40)47)41(48)46-53(50,51)29(28)2/h3-6,9-10,13-14,16-17,19-24,28-29,33,38,49H,7-8,11-12,15,18,25-27H2,1-2H3,(H,46,48)/b19-6+/t28-,29+,33-,38+,42-,43+/m0/s1. The number of carbonyl (C=O) groups excluding carboxylic acids is 1. The maximum atomic E-state index is 13.6. The predicted octanol–water partition coefficient (Wildman–Crippen LogP) is 7.83. The highest BCUT2D eigenvalue weighted by Gasteiger charge is 2.49. The molecule has 2 bridgehead atoms. The Morgan fingerprint density at radius 2 is 1.81 bits per heavy atom. The number of pyridine rings is 1. The molecule has 1 spiro atoms. The van der Waals surface area contributed by atoms with Crippen LogP contribution < -0.4 is 14.4 Å². The fraction of sp³-hybridized carbons (Fsp3) is 0.395.